The van der Waals surface area contributed by atoms with E-state index < -0.39 is 21.5 Å². The number of carbonyl (C=O) groups is 1. The predicted molar refractivity (Wildman–Crippen MR) is 92.6 cm³/mol. The van der Waals surface area contributed by atoms with Crippen LogP contribution >= 0.6 is 0 Å². The van der Waals surface area contributed by atoms with Crippen LogP contribution in [0.1, 0.15) is 16.2 Å². The zero-order valence-electron chi connectivity index (χ0n) is 13.7. The monoisotopic (exact) mass is 373 g/mol. The van der Waals surface area contributed by atoms with Crippen molar-refractivity contribution in [2.75, 3.05) is 12.4 Å². The summed E-state index contributed by atoms with van der Waals surface area (Å²) in [5.41, 5.74) is 0.363. The fraction of sp³-hybridized carbons (Fsp3) is 0.118. The van der Waals surface area contributed by atoms with Gasteiger partial charge in [0.2, 0.25) is 5.89 Å². The van der Waals surface area contributed by atoms with Crippen molar-refractivity contribution >= 4 is 21.8 Å². The highest BCUT2D eigenvalue weighted by molar-refractivity contribution is 7.90. The zero-order valence-corrected chi connectivity index (χ0v) is 14.6. The molecule has 0 saturated heterocycles. The Morgan fingerprint density at radius 2 is 1.77 bits per heavy atom. The lowest BCUT2D eigenvalue weighted by Gasteiger charge is -2.02. The molecule has 0 bridgehead atoms. The number of nitrogens with one attached hydrogen (secondary N) is 1. The lowest BCUT2D eigenvalue weighted by Crippen LogP contribution is -2.12. The number of amides is 1. The Balaban J connectivity index is 1.68. The van der Waals surface area contributed by atoms with Gasteiger partial charge < -0.3 is 9.15 Å². The molecule has 0 radical (unpaired) electrons. The van der Waals surface area contributed by atoms with Crippen molar-refractivity contribution in [2.45, 2.75) is 10.6 Å². The van der Waals surface area contributed by atoms with Crippen LogP contribution in [0.3, 0.4) is 0 Å². The quantitative estimate of drug-likeness (QED) is 0.705. The van der Waals surface area contributed by atoms with Gasteiger partial charge in [-0.2, -0.15) is 0 Å². The molecule has 0 unspecified atom stereocenters. The highest BCUT2D eigenvalue weighted by Crippen LogP contribution is 2.17. The number of benzene rings is 2. The average Bonchev–Trinajstić information content (AvgIpc) is 3.08. The molecule has 2 aromatic carbocycles. The minimum absolute atomic E-state index is 0.112. The highest BCUT2D eigenvalue weighted by atomic mass is 32.2. The molecule has 9 heteroatoms. The molecule has 0 aliphatic heterocycles. The van der Waals surface area contributed by atoms with Crippen LogP contribution in [0.5, 0.6) is 5.75 Å². The van der Waals surface area contributed by atoms with Crippen LogP contribution in [0.4, 0.5) is 6.01 Å². The lowest BCUT2D eigenvalue weighted by atomic mass is 10.2. The van der Waals surface area contributed by atoms with Crippen molar-refractivity contribution in [3.63, 3.8) is 0 Å². The van der Waals surface area contributed by atoms with Crippen molar-refractivity contribution < 1.29 is 22.4 Å². The lowest BCUT2D eigenvalue weighted by molar-refractivity contribution is 0.102. The second kappa shape index (κ2) is 7.36. The van der Waals surface area contributed by atoms with Gasteiger partial charge in [-0.15, -0.1) is 5.10 Å². The van der Waals surface area contributed by atoms with E-state index in [0.717, 1.165) is 0 Å². The van der Waals surface area contributed by atoms with Gasteiger partial charge in [0.1, 0.15) is 11.5 Å². The van der Waals surface area contributed by atoms with Crippen molar-refractivity contribution in [1.29, 1.82) is 0 Å². The summed E-state index contributed by atoms with van der Waals surface area (Å²) in [7, 11) is -2.08. The molecule has 3 aromatic rings. The van der Waals surface area contributed by atoms with Crippen molar-refractivity contribution in [1.82, 2.24) is 10.2 Å². The first kappa shape index (κ1) is 17.6. The molecule has 1 N–H and O–H groups in total. The van der Waals surface area contributed by atoms with Crippen LogP contribution in [-0.4, -0.2) is 31.6 Å². The average molecular weight is 373 g/mol. The first-order valence-electron chi connectivity index (χ1n) is 7.53. The van der Waals surface area contributed by atoms with Crippen LogP contribution in [-0.2, 0) is 15.6 Å². The molecule has 1 heterocycles. The Bertz CT molecular complexity index is 998. The Hall–Kier alpha value is -3.20. The fourth-order valence-corrected chi connectivity index (χ4v) is 3.33. The normalized spacial score (nSPS) is 11.1. The number of hydrogen-bond donors (Lipinski definition) is 1. The van der Waals surface area contributed by atoms with Crippen LogP contribution in [0.15, 0.2) is 63.9 Å². The van der Waals surface area contributed by atoms with Gasteiger partial charge in [-0.25, -0.2) is 8.42 Å². The zero-order chi connectivity index (χ0) is 18.6. The van der Waals surface area contributed by atoms with Crippen molar-refractivity contribution in [3.05, 3.63) is 66.1 Å². The highest BCUT2D eigenvalue weighted by Gasteiger charge is 2.20. The van der Waals surface area contributed by atoms with E-state index in [1.165, 1.54) is 19.2 Å². The van der Waals surface area contributed by atoms with E-state index in [4.69, 9.17) is 9.15 Å². The van der Waals surface area contributed by atoms with Gasteiger partial charge >= 0.3 is 6.01 Å². The van der Waals surface area contributed by atoms with Crippen molar-refractivity contribution in [2.24, 2.45) is 0 Å². The van der Waals surface area contributed by atoms with Crippen molar-refractivity contribution in [3.8, 4) is 5.75 Å². The molecule has 0 aliphatic rings. The summed E-state index contributed by atoms with van der Waals surface area (Å²) in [5.74, 6) is -0.414. The van der Waals surface area contributed by atoms with Gasteiger partial charge in [-0.05, 0) is 36.4 Å². The molecule has 0 spiro atoms. The Kier molecular flexibility index (Phi) is 4.99. The topological polar surface area (TPSA) is 111 Å². The molecule has 3 rings (SSSR count). The summed E-state index contributed by atoms with van der Waals surface area (Å²) >= 11 is 0. The first-order valence-corrected chi connectivity index (χ1v) is 9.19. The van der Waals surface area contributed by atoms with E-state index in [2.05, 4.69) is 15.5 Å². The number of carbonyl (C=O) groups excluding carboxylic acids is 1. The van der Waals surface area contributed by atoms with Gasteiger partial charge in [0.05, 0.1) is 12.0 Å². The molecule has 0 saturated carbocycles. The molecular formula is C17H15N3O5S. The number of methoxy groups -OCH3 is 1. The van der Waals surface area contributed by atoms with E-state index in [1.54, 1.807) is 42.5 Å². The molecular weight excluding hydrogens is 358 g/mol. The van der Waals surface area contributed by atoms with Crippen LogP contribution in [0, 0.1) is 0 Å². The third kappa shape index (κ3) is 4.06. The Labute approximate surface area is 149 Å². The summed E-state index contributed by atoms with van der Waals surface area (Å²) in [6.07, 6.45) is 0. The number of ether oxygens (including phenoxy) is 1. The maximum atomic E-state index is 12.3. The molecule has 26 heavy (non-hydrogen) atoms. The van der Waals surface area contributed by atoms with Gasteiger partial charge in [0.15, 0.2) is 9.84 Å². The smallest absolute Gasteiger partial charge is 0.322 e. The number of sulfone groups is 1. The first-order chi connectivity index (χ1) is 12.5. The maximum absolute atomic E-state index is 12.3. The number of hydrogen-bond acceptors (Lipinski definition) is 7. The second-order valence-corrected chi connectivity index (χ2v) is 7.25. The molecule has 134 valence electrons. The molecule has 1 amide bonds. The second-order valence-electron chi connectivity index (χ2n) is 5.26. The molecule has 0 atom stereocenters. The van der Waals surface area contributed by atoms with Crippen LogP contribution in [0.25, 0.3) is 0 Å². The largest absolute Gasteiger partial charge is 0.497 e. The molecule has 0 fully saturated rings. The van der Waals surface area contributed by atoms with Gasteiger partial charge in [-0.3, -0.25) is 10.1 Å². The van der Waals surface area contributed by atoms with E-state index in [1.807, 2.05) is 0 Å². The third-order valence-corrected chi connectivity index (χ3v) is 5.07. The van der Waals surface area contributed by atoms with E-state index in [-0.39, 0.29) is 16.8 Å². The van der Waals surface area contributed by atoms with Crippen LogP contribution < -0.4 is 10.1 Å². The van der Waals surface area contributed by atoms with Gasteiger partial charge in [0, 0.05) is 5.56 Å². The fourth-order valence-electron chi connectivity index (χ4n) is 2.15. The minimum atomic E-state index is -3.61. The number of anilines is 1. The summed E-state index contributed by atoms with van der Waals surface area (Å²) in [6.45, 7) is 0. The van der Waals surface area contributed by atoms with E-state index in [9.17, 15) is 13.2 Å². The SMILES string of the molecule is COc1ccc(C(=O)Nc2nnc(CS(=O)(=O)c3ccccc3)o2)cc1. The van der Waals surface area contributed by atoms with E-state index >= 15 is 0 Å². The van der Waals surface area contributed by atoms with Gasteiger partial charge in [-0.1, -0.05) is 23.3 Å². The third-order valence-electron chi connectivity index (χ3n) is 3.46. The number of nitrogens with zero attached hydrogens (tertiary/aromatic N) is 2. The summed E-state index contributed by atoms with van der Waals surface area (Å²) in [4.78, 5) is 12.3. The number of aromatic nitrogens is 2. The predicted octanol–water partition coefficient (Wildman–Crippen LogP) is 2.30. The Morgan fingerprint density at radius 3 is 2.42 bits per heavy atom. The minimum Gasteiger partial charge on any atom is -0.497 e. The van der Waals surface area contributed by atoms with Crippen LogP contribution in [0.2, 0.25) is 0 Å². The Morgan fingerprint density at radius 1 is 1.08 bits per heavy atom. The summed E-state index contributed by atoms with van der Waals surface area (Å²) in [6, 6.07) is 14.2. The summed E-state index contributed by atoms with van der Waals surface area (Å²) < 4.78 is 34.8. The number of rotatable bonds is 6. The molecule has 8 nitrogen and oxygen atoms in total. The van der Waals surface area contributed by atoms with Gasteiger partial charge in [0.25, 0.3) is 5.91 Å². The van der Waals surface area contributed by atoms with E-state index in [0.29, 0.717) is 11.3 Å². The summed E-state index contributed by atoms with van der Waals surface area (Å²) in [5, 5.41) is 9.75. The molecule has 1 aromatic heterocycles. The standard InChI is InChI=1S/C17H15N3O5S/c1-24-13-9-7-12(8-10-13)16(21)18-17-20-19-15(25-17)11-26(22,23)14-5-3-2-4-6-14/h2-10H,11H2,1H3,(H,18,20,21). The molecule has 0 aliphatic carbocycles. The maximum Gasteiger partial charge on any atom is 0.322 e.